The number of benzene rings is 1. The Labute approximate surface area is 184 Å². The first kappa shape index (κ1) is 21.1. The Bertz CT molecular complexity index is 723. The van der Waals surface area contributed by atoms with Crippen molar-refractivity contribution in [2.45, 2.75) is 63.8 Å². The average Bonchev–Trinajstić information content (AvgIpc) is 3.27. The smallest absolute Gasteiger partial charge is 0.191 e. The van der Waals surface area contributed by atoms with E-state index in [-0.39, 0.29) is 24.0 Å². The molecule has 1 aromatic heterocycles. The Morgan fingerprint density at radius 1 is 1.18 bits per heavy atom. The highest BCUT2D eigenvalue weighted by Gasteiger charge is 2.40. The second-order valence-electron chi connectivity index (χ2n) is 7.54. The largest absolute Gasteiger partial charge is 0.364 e. The molecule has 2 aliphatic rings. The lowest BCUT2D eigenvalue weighted by atomic mass is 9.96. The van der Waals surface area contributed by atoms with E-state index < -0.39 is 0 Å². The van der Waals surface area contributed by atoms with E-state index >= 15 is 0 Å². The van der Waals surface area contributed by atoms with E-state index in [1.165, 1.54) is 31.2 Å². The van der Waals surface area contributed by atoms with Gasteiger partial charge < -0.3 is 15.2 Å². The first-order valence-electron chi connectivity index (χ1n) is 10.1. The fourth-order valence-electron chi connectivity index (χ4n) is 4.44. The van der Waals surface area contributed by atoms with Gasteiger partial charge in [-0.3, -0.25) is 4.90 Å². The summed E-state index contributed by atoms with van der Waals surface area (Å²) in [5, 5.41) is 11.0. The second-order valence-corrected chi connectivity index (χ2v) is 7.54. The number of nitrogens with zero attached hydrogens (tertiary/aromatic N) is 3. The SMILES string of the molecule is CCNC(=NCc1ccon1)NC1CC2CCC(C1)N2Cc1ccccc1.I. The van der Waals surface area contributed by atoms with Gasteiger partial charge in [0.1, 0.15) is 12.0 Å². The third-order valence-electron chi connectivity index (χ3n) is 5.67. The minimum Gasteiger partial charge on any atom is -0.364 e. The van der Waals surface area contributed by atoms with Crippen molar-refractivity contribution >= 4 is 29.9 Å². The van der Waals surface area contributed by atoms with Crippen LogP contribution in [0.5, 0.6) is 0 Å². The number of aliphatic imine (C=N–C) groups is 1. The Hall–Kier alpha value is -1.61. The monoisotopic (exact) mass is 495 g/mol. The number of nitrogens with one attached hydrogen (secondary N) is 2. The molecule has 2 unspecified atom stereocenters. The highest BCUT2D eigenvalue weighted by atomic mass is 127. The molecular weight excluding hydrogens is 465 g/mol. The molecule has 2 N–H and O–H groups in total. The van der Waals surface area contributed by atoms with Crippen LogP contribution in [0.4, 0.5) is 0 Å². The fraction of sp³-hybridized carbons (Fsp3) is 0.524. The lowest BCUT2D eigenvalue weighted by Gasteiger charge is -2.39. The van der Waals surface area contributed by atoms with Crippen LogP contribution in [-0.2, 0) is 13.1 Å². The van der Waals surface area contributed by atoms with Gasteiger partial charge in [-0.25, -0.2) is 4.99 Å². The topological polar surface area (TPSA) is 65.7 Å². The Kier molecular flexibility index (Phi) is 7.73. The summed E-state index contributed by atoms with van der Waals surface area (Å²) in [5.74, 6) is 0.876. The van der Waals surface area contributed by atoms with Gasteiger partial charge in [-0.2, -0.15) is 0 Å². The van der Waals surface area contributed by atoms with Gasteiger partial charge in [0.2, 0.25) is 0 Å². The van der Waals surface area contributed by atoms with Crippen molar-refractivity contribution in [3.8, 4) is 0 Å². The molecule has 6 nitrogen and oxygen atoms in total. The maximum Gasteiger partial charge on any atom is 0.191 e. The summed E-state index contributed by atoms with van der Waals surface area (Å²) in [5.41, 5.74) is 2.27. The van der Waals surface area contributed by atoms with Crippen LogP contribution in [0.3, 0.4) is 0 Å². The minimum atomic E-state index is 0. The Morgan fingerprint density at radius 3 is 2.57 bits per heavy atom. The first-order valence-corrected chi connectivity index (χ1v) is 10.1. The molecule has 28 heavy (non-hydrogen) atoms. The highest BCUT2D eigenvalue weighted by molar-refractivity contribution is 14.0. The minimum absolute atomic E-state index is 0. The predicted octanol–water partition coefficient (Wildman–Crippen LogP) is 3.54. The van der Waals surface area contributed by atoms with Gasteiger partial charge in [-0.05, 0) is 38.2 Å². The second kappa shape index (κ2) is 10.2. The van der Waals surface area contributed by atoms with Crippen molar-refractivity contribution in [1.82, 2.24) is 20.7 Å². The maximum absolute atomic E-state index is 4.89. The summed E-state index contributed by atoms with van der Waals surface area (Å²) in [4.78, 5) is 7.38. The summed E-state index contributed by atoms with van der Waals surface area (Å²) in [6, 6.07) is 14.5. The van der Waals surface area contributed by atoms with Crippen LogP contribution in [0, 0.1) is 0 Å². The summed E-state index contributed by atoms with van der Waals surface area (Å²) in [6.07, 6.45) is 6.56. The van der Waals surface area contributed by atoms with Gasteiger partial charge in [0, 0.05) is 37.3 Å². The van der Waals surface area contributed by atoms with E-state index in [1.807, 2.05) is 6.07 Å². The summed E-state index contributed by atoms with van der Waals surface area (Å²) in [6.45, 7) is 4.55. The van der Waals surface area contributed by atoms with Crippen LogP contribution < -0.4 is 10.6 Å². The number of halogens is 1. The van der Waals surface area contributed by atoms with Crippen molar-refractivity contribution in [3.05, 3.63) is 53.9 Å². The molecule has 0 aliphatic carbocycles. The first-order chi connectivity index (χ1) is 13.3. The quantitative estimate of drug-likeness (QED) is 0.365. The standard InChI is InChI=1S/C21H29N5O.HI/c1-2-22-21(23-14-17-10-11-27-25-17)24-18-12-19-8-9-20(13-18)26(19)15-16-6-4-3-5-7-16;/h3-7,10-11,18-20H,2,8-9,12-15H2,1H3,(H2,22,23,24);1H. The van der Waals surface area contributed by atoms with Gasteiger partial charge in [0.05, 0.1) is 6.54 Å². The number of fused-ring (bicyclic) bond motifs is 2. The van der Waals surface area contributed by atoms with Gasteiger partial charge in [0.25, 0.3) is 0 Å². The molecule has 0 amide bonds. The maximum atomic E-state index is 4.89. The third-order valence-corrected chi connectivity index (χ3v) is 5.67. The van der Waals surface area contributed by atoms with Crippen molar-refractivity contribution in [3.63, 3.8) is 0 Å². The lowest BCUT2D eigenvalue weighted by molar-refractivity contribution is 0.114. The number of hydrogen-bond acceptors (Lipinski definition) is 4. The zero-order valence-electron chi connectivity index (χ0n) is 16.4. The van der Waals surface area contributed by atoms with Crippen LogP contribution in [0.2, 0.25) is 0 Å². The van der Waals surface area contributed by atoms with Gasteiger partial charge in [-0.15, -0.1) is 24.0 Å². The highest BCUT2D eigenvalue weighted by Crippen LogP contribution is 2.36. The molecule has 2 bridgehead atoms. The Balaban J connectivity index is 0.00000225. The van der Waals surface area contributed by atoms with Gasteiger partial charge in [-0.1, -0.05) is 35.5 Å². The Morgan fingerprint density at radius 2 is 1.93 bits per heavy atom. The van der Waals surface area contributed by atoms with Crippen LogP contribution in [0.15, 0.2) is 52.2 Å². The molecule has 2 fully saturated rings. The zero-order chi connectivity index (χ0) is 18.5. The van der Waals surface area contributed by atoms with E-state index in [9.17, 15) is 0 Å². The predicted molar refractivity (Wildman–Crippen MR) is 122 cm³/mol. The number of hydrogen-bond donors (Lipinski definition) is 2. The zero-order valence-corrected chi connectivity index (χ0v) is 18.7. The fourth-order valence-corrected chi connectivity index (χ4v) is 4.44. The van der Waals surface area contributed by atoms with Crippen LogP contribution in [-0.4, -0.2) is 40.7 Å². The van der Waals surface area contributed by atoms with Gasteiger partial charge in [0.15, 0.2) is 5.96 Å². The average molecular weight is 495 g/mol. The van der Waals surface area contributed by atoms with Crippen LogP contribution in [0.25, 0.3) is 0 Å². The molecule has 152 valence electrons. The molecule has 2 aromatic rings. The molecule has 0 spiro atoms. The molecule has 1 aromatic carbocycles. The van der Waals surface area contributed by atoms with Crippen molar-refractivity contribution < 1.29 is 4.52 Å². The number of aromatic nitrogens is 1. The number of guanidine groups is 1. The normalized spacial score (nSPS) is 24.6. The van der Waals surface area contributed by atoms with Crippen molar-refractivity contribution in [1.29, 1.82) is 0 Å². The number of piperidine rings is 1. The van der Waals surface area contributed by atoms with E-state index in [1.54, 1.807) is 6.26 Å². The van der Waals surface area contributed by atoms with Gasteiger partial charge >= 0.3 is 0 Å². The van der Waals surface area contributed by atoms with Crippen molar-refractivity contribution in [2.24, 2.45) is 4.99 Å². The molecule has 7 heteroatoms. The third kappa shape index (κ3) is 5.26. The van der Waals surface area contributed by atoms with E-state index in [4.69, 9.17) is 4.52 Å². The van der Waals surface area contributed by atoms with Crippen LogP contribution in [0.1, 0.15) is 43.9 Å². The van der Waals surface area contributed by atoms with E-state index in [2.05, 4.69) is 62.9 Å². The molecule has 2 aliphatic heterocycles. The number of rotatable bonds is 6. The van der Waals surface area contributed by atoms with Crippen molar-refractivity contribution in [2.75, 3.05) is 6.54 Å². The molecule has 0 saturated carbocycles. The molecule has 4 rings (SSSR count). The van der Waals surface area contributed by atoms with E-state index in [0.717, 1.165) is 24.7 Å². The molecule has 0 radical (unpaired) electrons. The molecule has 2 saturated heterocycles. The molecular formula is C21H30IN5O. The lowest BCUT2D eigenvalue weighted by Crippen LogP contribution is -2.52. The molecule has 3 heterocycles. The summed E-state index contributed by atoms with van der Waals surface area (Å²) >= 11 is 0. The molecule has 2 atom stereocenters. The summed E-state index contributed by atoms with van der Waals surface area (Å²) < 4.78 is 4.89. The summed E-state index contributed by atoms with van der Waals surface area (Å²) in [7, 11) is 0. The van der Waals surface area contributed by atoms with E-state index in [0.29, 0.717) is 24.7 Å². The van der Waals surface area contributed by atoms with Crippen LogP contribution >= 0.6 is 24.0 Å².